The Hall–Kier alpha value is -2.17. The molecule has 94 valence electrons. The molecule has 2 aromatic heterocycles. The highest BCUT2D eigenvalue weighted by Gasteiger charge is 2.03. The first-order chi connectivity index (χ1) is 8.66. The molecule has 5 heteroatoms. The van der Waals surface area contributed by atoms with Gasteiger partial charge in [-0.25, -0.2) is 0 Å². The lowest BCUT2D eigenvalue weighted by atomic mass is 10.1. The van der Waals surface area contributed by atoms with Gasteiger partial charge in [0.05, 0.1) is 5.69 Å². The summed E-state index contributed by atoms with van der Waals surface area (Å²) in [7, 11) is 0. The van der Waals surface area contributed by atoms with Crippen LogP contribution in [0, 0.1) is 13.8 Å². The molecule has 18 heavy (non-hydrogen) atoms. The first kappa shape index (κ1) is 12.3. The second kappa shape index (κ2) is 5.44. The molecular formula is C13H17N5. The van der Waals surface area contributed by atoms with Gasteiger partial charge in [0.2, 0.25) is 0 Å². The predicted molar refractivity (Wildman–Crippen MR) is 70.1 cm³/mol. The largest absolute Gasteiger partial charge is 0.331 e. The van der Waals surface area contributed by atoms with Gasteiger partial charge in [-0.05, 0) is 31.4 Å². The fraction of sp³-hybridized carbons (Fsp3) is 0.308. The second-order valence-corrected chi connectivity index (χ2v) is 4.29. The van der Waals surface area contributed by atoms with Gasteiger partial charge in [0, 0.05) is 12.1 Å². The van der Waals surface area contributed by atoms with Crippen molar-refractivity contribution < 1.29 is 0 Å². The summed E-state index contributed by atoms with van der Waals surface area (Å²) in [6.45, 7) is 8.04. The third-order valence-corrected chi connectivity index (χ3v) is 2.82. The normalized spacial score (nSPS) is 11.2. The Morgan fingerprint density at radius 3 is 2.89 bits per heavy atom. The molecule has 0 bridgehead atoms. The van der Waals surface area contributed by atoms with Crippen LogP contribution in [0.3, 0.4) is 0 Å². The average molecular weight is 243 g/mol. The number of H-pyrrole nitrogens is 2. The quantitative estimate of drug-likeness (QED) is 0.789. The fourth-order valence-electron chi connectivity index (χ4n) is 1.81. The minimum absolute atomic E-state index is 0.694. The van der Waals surface area contributed by atoms with E-state index in [0.29, 0.717) is 6.42 Å². The van der Waals surface area contributed by atoms with Crippen LogP contribution in [-0.2, 0) is 12.8 Å². The van der Waals surface area contributed by atoms with Crippen molar-refractivity contribution in [3.8, 4) is 0 Å². The Kier molecular flexibility index (Phi) is 3.72. The number of rotatable bonds is 5. The summed E-state index contributed by atoms with van der Waals surface area (Å²) in [5, 5.41) is 14.8. The number of aromatic nitrogens is 5. The highest BCUT2D eigenvalue weighted by atomic mass is 15.2. The number of hydrogen-bond acceptors (Lipinski definition) is 3. The summed E-state index contributed by atoms with van der Waals surface area (Å²) in [4.78, 5) is 2.96. The highest BCUT2D eigenvalue weighted by molar-refractivity contribution is 5.27. The third kappa shape index (κ3) is 2.94. The smallest absolute Gasteiger partial charge is 0.134 e. The van der Waals surface area contributed by atoms with Crippen LogP contribution in [0.5, 0.6) is 0 Å². The minimum atomic E-state index is 0.694. The van der Waals surface area contributed by atoms with Crippen molar-refractivity contribution in [1.82, 2.24) is 25.4 Å². The maximum atomic E-state index is 4.17. The molecule has 0 aliphatic rings. The van der Waals surface area contributed by atoms with Crippen molar-refractivity contribution in [2.45, 2.75) is 26.7 Å². The maximum absolute atomic E-state index is 4.17. The summed E-state index contributed by atoms with van der Waals surface area (Å²) in [5.41, 5.74) is 4.43. The van der Waals surface area contributed by atoms with Gasteiger partial charge >= 0.3 is 0 Å². The zero-order valence-corrected chi connectivity index (χ0v) is 10.7. The summed E-state index contributed by atoms with van der Waals surface area (Å²) < 4.78 is 0. The van der Waals surface area contributed by atoms with Gasteiger partial charge < -0.3 is 4.98 Å². The molecule has 2 heterocycles. The first-order valence-electron chi connectivity index (χ1n) is 5.86. The van der Waals surface area contributed by atoms with Gasteiger partial charge in [-0.1, -0.05) is 18.7 Å². The second-order valence-electron chi connectivity index (χ2n) is 4.29. The van der Waals surface area contributed by atoms with E-state index in [9.17, 15) is 0 Å². The van der Waals surface area contributed by atoms with Crippen LogP contribution in [0.2, 0.25) is 0 Å². The molecule has 2 aromatic rings. The van der Waals surface area contributed by atoms with Crippen LogP contribution in [0.15, 0.2) is 30.6 Å². The Balaban J connectivity index is 1.90. The molecule has 0 aromatic carbocycles. The van der Waals surface area contributed by atoms with E-state index in [-0.39, 0.29) is 0 Å². The van der Waals surface area contributed by atoms with Crippen molar-refractivity contribution in [2.75, 3.05) is 0 Å². The predicted octanol–water partition coefficient (Wildman–Crippen LogP) is 2.04. The van der Waals surface area contributed by atoms with Crippen LogP contribution in [0.25, 0.3) is 0 Å². The highest BCUT2D eigenvalue weighted by Crippen LogP contribution is 2.11. The molecule has 2 rings (SSSR count). The van der Waals surface area contributed by atoms with Crippen LogP contribution in [0.4, 0.5) is 0 Å². The number of aromatic amines is 2. The maximum Gasteiger partial charge on any atom is 0.134 e. The van der Waals surface area contributed by atoms with E-state index in [1.165, 1.54) is 5.56 Å². The van der Waals surface area contributed by atoms with E-state index in [0.717, 1.165) is 29.2 Å². The molecule has 0 saturated heterocycles. The molecule has 0 unspecified atom stereocenters. The number of allylic oxidation sites excluding steroid dienone is 3. The summed E-state index contributed by atoms with van der Waals surface area (Å²) in [6, 6.07) is 0. The van der Waals surface area contributed by atoms with E-state index >= 15 is 0 Å². The summed E-state index contributed by atoms with van der Waals surface area (Å²) >= 11 is 0. The lowest BCUT2D eigenvalue weighted by Crippen LogP contribution is -1.90. The zero-order valence-electron chi connectivity index (χ0n) is 10.7. The number of nitrogens with zero attached hydrogens (tertiary/aromatic N) is 3. The third-order valence-electron chi connectivity index (χ3n) is 2.82. The van der Waals surface area contributed by atoms with Crippen LogP contribution >= 0.6 is 0 Å². The monoisotopic (exact) mass is 243 g/mol. The Bertz CT molecular complexity index is 528. The van der Waals surface area contributed by atoms with Gasteiger partial charge in [0.1, 0.15) is 12.2 Å². The van der Waals surface area contributed by atoms with Gasteiger partial charge in [0.15, 0.2) is 0 Å². The molecule has 5 nitrogen and oxygen atoms in total. The zero-order chi connectivity index (χ0) is 13.0. The van der Waals surface area contributed by atoms with Crippen LogP contribution < -0.4 is 0 Å². The van der Waals surface area contributed by atoms with Gasteiger partial charge in [-0.2, -0.15) is 5.10 Å². The van der Waals surface area contributed by atoms with Crippen molar-refractivity contribution in [3.63, 3.8) is 0 Å². The van der Waals surface area contributed by atoms with E-state index in [2.05, 4.69) is 38.0 Å². The van der Waals surface area contributed by atoms with Crippen molar-refractivity contribution in [3.05, 3.63) is 53.4 Å². The molecule has 0 saturated carbocycles. The fourth-order valence-corrected chi connectivity index (χ4v) is 1.81. The minimum Gasteiger partial charge on any atom is -0.331 e. The van der Waals surface area contributed by atoms with Crippen LogP contribution in [-0.4, -0.2) is 25.4 Å². The molecule has 0 spiro atoms. The van der Waals surface area contributed by atoms with Crippen molar-refractivity contribution in [2.24, 2.45) is 0 Å². The topological polar surface area (TPSA) is 70.2 Å². The Labute approximate surface area is 106 Å². The SMILES string of the molecule is C=C(C=CCc1c(C)n[nH]c1C)Cc1nnc[nH]1. The van der Waals surface area contributed by atoms with Gasteiger partial charge in [0.25, 0.3) is 0 Å². The van der Waals surface area contributed by atoms with E-state index in [1.54, 1.807) is 6.33 Å². The molecule has 0 atom stereocenters. The average Bonchev–Trinajstić information content (AvgIpc) is 2.93. The Morgan fingerprint density at radius 2 is 2.28 bits per heavy atom. The van der Waals surface area contributed by atoms with Gasteiger partial charge in [-0.3, -0.25) is 5.10 Å². The van der Waals surface area contributed by atoms with E-state index in [4.69, 9.17) is 0 Å². The van der Waals surface area contributed by atoms with E-state index < -0.39 is 0 Å². The van der Waals surface area contributed by atoms with Crippen molar-refractivity contribution >= 4 is 0 Å². The summed E-state index contributed by atoms with van der Waals surface area (Å²) in [6.07, 6.45) is 7.26. The molecule has 0 aliphatic carbocycles. The molecule has 0 aliphatic heterocycles. The van der Waals surface area contributed by atoms with E-state index in [1.807, 2.05) is 19.9 Å². The lowest BCUT2D eigenvalue weighted by Gasteiger charge is -1.97. The van der Waals surface area contributed by atoms with Gasteiger partial charge in [-0.15, -0.1) is 10.2 Å². The molecular weight excluding hydrogens is 226 g/mol. The van der Waals surface area contributed by atoms with Crippen molar-refractivity contribution in [1.29, 1.82) is 0 Å². The first-order valence-corrected chi connectivity index (χ1v) is 5.86. The number of aryl methyl sites for hydroxylation is 2. The molecule has 2 N–H and O–H groups in total. The standard InChI is InChI=1S/C13H17N5/c1-9(7-13-14-8-15-18-13)5-4-6-12-10(2)16-17-11(12)3/h4-5,8H,1,6-7H2,2-3H3,(H,16,17)(H,14,15,18). The van der Waals surface area contributed by atoms with Crippen LogP contribution in [0.1, 0.15) is 22.8 Å². The molecule has 0 radical (unpaired) electrons. The summed E-state index contributed by atoms with van der Waals surface area (Å²) in [5.74, 6) is 0.834. The molecule has 0 amide bonds. The Morgan fingerprint density at radius 1 is 1.44 bits per heavy atom. The lowest BCUT2D eigenvalue weighted by molar-refractivity contribution is 0.973. The number of nitrogens with one attached hydrogen (secondary N) is 2. The molecule has 0 fully saturated rings. The number of hydrogen-bond donors (Lipinski definition) is 2.